The van der Waals surface area contributed by atoms with Gasteiger partial charge in [0.2, 0.25) is 0 Å². The molecule has 1 amide bonds. The first kappa shape index (κ1) is 21.1. The summed E-state index contributed by atoms with van der Waals surface area (Å²) < 4.78 is 3.40. The van der Waals surface area contributed by atoms with Crippen molar-refractivity contribution in [2.75, 3.05) is 0 Å². The maximum absolute atomic E-state index is 12.5. The van der Waals surface area contributed by atoms with Crippen LogP contribution in [0.1, 0.15) is 41.8 Å². The lowest BCUT2D eigenvalue weighted by Crippen LogP contribution is -2.36. The number of carbonyl (C=O) groups excluding carboxylic acids is 1. The van der Waals surface area contributed by atoms with E-state index in [9.17, 15) is 4.79 Å². The summed E-state index contributed by atoms with van der Waals surface area (Å²) in [7, 11) is 0. The van der Waals surface area contributed by atoms with Crippen molar-refractivity contribution in [3.8, 4) is 23.4 Å². The van der Waals surface area contributed by atoms with E-state index in [0.717, 1.165) is 11.3 Å². The summed E-state index contributed by atoms with van der Waals surface area (Å²) in [5.74, 6) is 0.306. The first-order valence-corrected chi connectivity index (χ1v) is 9.69. The van der Waals surface area contributed by atoms with Gasteiger partial charge in [0.25, 0.3) is 5.91 Å². The van der Waals surface area contributed by atoms with Crippen LogP contribution in [-0.4, -0.2) is 31.3 Å². The molecule has 0 spiro atoms. The van der Waals surface area contributed by atoms with Gasteiger partial charge in [-0.3, -0.25) is 9.48 Å². The van der Waals surface area contributed by atoms with E-state index in [1.54, 1.807) is 47.5 Å². The van der Waals surface area contributed by atoms with Crippen LogP contribution in [0.4, 0.5) is 0 Å². The zero-order valence-corrected chi connectivity index (χ0v) is 17.6. The topological polar surface area (TPSA) is 112 Å². The number of amides is 1. The monoisotopic (exact) mass is 421 g/mol. The largest absolute Gasteiger partial charge is 0.346 e. The van der Waals surface area contributed by atoms with E-state index in [4.69, 9.17) is 22.1 Å². The lowest BCUT2D eigenvalue weighted by atomic mass is 10.1. The van der Waals surface area contributed by atoms with Gasteiger partial charge >= 0.3 is 0 Å². The zero-order chi connectivity index (χ0) is 21.8. The molecule has 0 fully saturated rings. The number of nitrogens with zero attached hydrogens (tertiary/aromatic N) is 6. The molecule has 0 aliphatic rings. The maximum Gasteiger partial charge on any atom is 0.271 e. The van der Waals surface area contributed by atoms with Gasteiger partial charge in [-0.25, -0.2) is 4.98 Å². The van der Waals surface area contributed by atoms with Crippen molar-refractivity contribution in [1.29, 1.82) is 10.5 Å². The number of hydrogen-bond acceptors (Lipinski definition) is 5. The number of carbonyl (C=O) groups is 1. The first-order valence-electron chi connectivity index (χ1n) is 9.31. The molecule has 3 aromatic rings. The molecule has 2 atom stereocenters. The Morgan fingerprint density at radius 1 is 1.30 bits per heavy atom. The van der Waals surface area contributed by atoms with Crippen LogP contribution in [0.3, 0.4) is 0 Å². The fraction of sp³-hybridized carbons (Fsp3) is 0.286. The van der Waals surface area contributed by atoms with Gasteiger partial charge in [-0.2, -0.15) is 15.6 Å². The van der Waals surface area contributed by atoms with Crippen molar-refractivity contribution < 1.29 is 4.79 Å². The lowest BCUT2D eigenvalue weighted by Gasteiger charge is -2.13. The van der Waals surface area contributed by atoms with Gasteiger partial charge in [-0.1, -0.05) is 17.7 Å². The molecule has 8 nitrogen and oxygen atoms in total. The van der Waals surface area contributed by atoms with E-state index in [0.29, 0.717) is 23.0 Å². The van der Waals surface area contributed by atoms with Crippen LogP contribution in [0.25, 0.3) is 11.3 Å². The molecule has 0 aliphatic carbocycles. The number of nitrogens with one attached hydrogen (secondary N) is 1. The lowest BCUT2D eigenvalue weighted by molar-refractivity contribution is 0.0931. The molecule has 9 heteroatoms. The molecule has 30 heavy (non-hydrogen) atoms. The smallest absolute Gasteiger partial charge is 0.271 e. The fourth-order valence-electron chi connectivity index (χ4n) is 3.06. The second-order valence-electron chi connectivity index (χ2n) is 6.99. The third-order valence-electron chi connectivity index (χ3n) is 4.62. The summed E-state index contributed by atoms with van der Waals surface area (Å²) in [5.41, 5.74) is 2.22. The number of rotatable bonds is 6. The number of aryl methyl sites for hydroxylation is 1. The van der Waals surface area contributed by atoms with Gasteiger partial charge in [-0.15, -0.1) is 0 Å². The van der Waals surface area contributed by atoms with Crippen LogP contribution in [0.15, 0.2) is 36.7 Å². The van der Waals surface area contributed by atoms with E-state index >= 15 is 0 Å². The van der Waals surface area contributed by atoms with Gasteiger partial charge in [0.05, 0.1) is 28.9 Å². The van der Waals surface area contributed by atoms with Crippen LogP contribution >= 0.6 is 11.6 Å². The quantitative estimate of drug-likeness (QED) is 0.654. The Labute approximate surface area is 179 Å². The molecule has 0 saturated heterocycles. The standard InChI is InChI=1S/C21H20ClN7O/c1-13(25-21(30)20-12-29(14(2)9-23)15(3)26-20)11-28-7-6-19(27-28)16-4-5-17(10-24)18(22)8-16/h4-8,12-14H,11H2,1-3H3,(H,25,30)/t13?,14-/m0/s1. The minimum absolute atomic E-state index is 0.200. The van der Waals surface area contributed by atoms with Crippen molar-refractivity contribution in [3.05, 3.63) is 58.8 Å². The maximum atomic E-state index is 12.5. The second-order valence-corrected chi connectivity index (χ2v) is 7.40. The summed E-state index contributed by atoms with van der Waals surface area (Å²) >= 11 is 6.10. The Bertz CT molecular complexity index is 1160. The van der Waals surface area contributed by atoms with Crippen LogP contribution in [0.5, 0.6) is 0 Å². The average molecular weight is 422 g/mol. The summed E-state index contributed by atoms with van der Waals surface area (Å²) in [6.07, 6.45) is 3.41. The highest BCUT2D eigenvalue weighted by Gasteiger charge is 2.17. The Balaban J connectivity index is 1.65. The van der Waals surface area contributed by atoms with Crippen molar-refractivity contribution in [2.45, 2.75) is 39.4 Å². The molecule has 0 aliphatic heterocycles. The number of halogens is 1. The summed E-state index contributed by atoms with van der Waals surface area (Å²) in [6.45, 7) is 5.84. The average Bonchev–Trinajstić information content (AvgIpc) is 3.34. The fourth-order valence-corrected chi connectivity index (χ4v) is 3.28. The summed E-state index contributed by atoms with van der Waals surface area (Å²) in [6, 6.07) is 10.6. The van der Waals surface area contributed by atoms with Gasteiger partial charge < -0.3 is 9.88 Å². The van der Waals surface area contributed by atoms with Crippen molar-refractivity contribution in [1.82, 2.24) is 24.6 Å². The Morgan fingerprint density at radius 3 is 2.73 bits per heavy atom. The highest BCUT2D eigenvalue weighted by molar-refractivity contribution is 6.32. The highest BCUT2D eigenvalue weighted by atomic mass is 35.5. The first-order chi connectivity index (χ1) is 14.3. The van der Waals surface area contributed by atoms with Gasteiger partial charge in [-0.05, 0) is 39.0 Å². The van der Waals surface area contributed by atoms with E-state index in [1.807, 2.05) is 25.3 Å². The van der Waals surface area contributed by atoms with E-state index in [-0.39, 0.29) is 17.6 Å². The third-order valence-corrected chi connectivity index (χ3v) is 4.93. The van der Waals surface area contributed by atoms with Gasteiger partial charge in [0.15, 0.2) is 0 Å². The molecule has 0 radical (unpaired) electrons. The molecule has 0 saturated carbocycles. The number of aromatic nitrogens is 4. The molecule has 1 unspecified atom stereocenters. The molecule has 2 heterocycles. The SMILES string of the molecule is Cc1nc(C(=O)NC(C)Cn2ccc(-c3ccc(C#N)c(Cl)c3)n2)cn1[C@@H](C)C#N. The molecular weight excluding hydrogens is 402 g/mol. The predicted molar refractivity (Wildman–Crippen MR) is 112 cm³/mol. The number of imidazole rings is 1. The molecular formula is C21H20ClN7O. The Morgan fingerprint density at radius 2 is 2.07 bits per heavy atom. The molecule has 0 bridgehead atoms. The molecule has 152 valence electrons. The van der Waals surface area contributed by atoms with Crippen molar-refractivity contribution in [3.63, 3.8) is 0 Å². The van der Waals surface area contributed by atoms with Crippen LogP contribution in [0, 0.1) is 29.6 Å². The third kappa shape index (κ3) is 4.51. The van der Waals surface area contributed by atoms with Crippen LogP contribution < -0.4 is 5.32 Å². The minimum atomic E-state index is -0.394. The van der Waals surface area contributed by atoms with E-state index in [2.05, 4.69) is 21.5 Å². The predicted octanol–water partition coefficient (Wildman–Crippen LogP) is 3.48. The molecule has 1 aromatic carbocycles. The Hall–Kier alpha value is -3.62. The second kappa shape index (κ2) is 8.81. The normalized spacial score (nSPS) is 12.6. The van der Waals surface area contributed by atoms with Crippen LogP contribution in [-0.2, 0) is 6.54 Å². The number of nitriles is 2. The summed E-state index contributed by atoms with van der Waals surface area (Å²) in [4.78, 5) is 16.8. The molecule has 3 rings (SSSR count). The molecule has 1 N–H and O–H groups in total. The van der Waals surface area contributed by atoms with E-state index in [1.165, 1.54) is 0 Å². The van der Waals surface area contributed by atoms with Crippen molar-refractivity contribution >= 4 is 17.5 Å². The number of hydrogen-bond donors (Lipinski definition) is 1. The van der Waals surface area contributed by atoms with Crippen molar-refractivity contribution in [2.24, 2.45) is 0 Å². The minimum Gasteiger partial charge on any atom is -0.346 e. The van der Waals surface area contributed by atoms with Gasteiger partial charge in [0.1, 0.15) is 23.6 Å². The Kier molecular flexibility index (Phi) is 6.20. The number of benzene rings is 1. The van der Waals surface area contributed by atoms with E-state index < -0.39 is 6.04 Å². The van der Waals surface area contributed by atoms with Gasteiger partial charge in [0, 0.05) is 24.0 Å². The summed E-state index contributed by atoms with van der Waals surface area (Å²) in [5, 5.41) is 25.8. The van der Waals surface area contributed by atoms with Crippen LogP contribution in [0.2, 0.25) is 5.02 Å². The zero-order valence-electron chi connectivity index (χ0n) is 16.8. The molecule has 2 aromatic heterocycles. The highest BCUT2D eigenvalue weighted by Crippen LogP contribution is 2.24.